The van der Waals surface area contributed by atoms with Crippen LogP contribution in [0.5, 0.6) is 0 Å². The van der Waals surface area contributed by atoms with Gasteiger partial charge in [-0.2, -0.15) is 5.10 Å². The van der Waals surface area contributed by atoms with Crippen LogP contribution in [0.3, 0.4) is 0 Å². The number of rotatable bonds is 10. The summed E-state index contributed by atoms with van der Waals surface area (Å²) in [5, 5.41) is 20.9. The molecule has 0 aliphatic carbocycles. The van der Waals surface area contributed by atoms with Crippen molar-refractivity contribution in [3.63, 3.8) is 0 Å². The maximum Gasteiger partial charge on any atom is 0.407 e. The highest BCUT2D eigenvalue weighted by molar-refractivity contribution is 5.79. The number of nitrogens with zero attached hydrogens (tertiary/aromatic N) is 5. The Morgan fingerprint density at radius 3 is 2.61 bits per heavy atom. The molecule has 1 unspecified atom stereocenters. The Kier molecular flexibility index (Phi) is 10.2. The van der Waals surface area contributed by atoms with Crippen LogP contribution in [-0.4, -0.2) is 70.0 Å². The molecule has 1 atom stereocenters. The average Bonchev–Trinajstić information content (AvgIpc) is 3.11. The van der Waals surface area contributed by atoms with E-state index in [0.717, 1.165) is 12.4 Å². The molecule has 31 heavy (non-hydrogen) atoms. The Labute approximate surface area is 184 Å². The van der Waals surface area contributed by atoms with Gasteiger partial charge in [0, 0.05) is 26.2 Å². The molecule has 0 aliphatic heterocycles. The Balaban J connectivity index is 2.64. The van der Waals surface area contributed by atoms with E-state index in [0.29, 0.717) is 26.2 Å². The number of amides is 1. The smallest absolute Gasteiger partial charge is 0.407 e. The van der Waals surface area contributed by atoms with Crippen molar-refractivity contribution in [2.45, 2.75) is 66.2 Å². The first-order valence-corrected chi connectivity index (χ1v) is 10.6. The van der Waals surface area contributed by atoms with Crippen LogP contribution in [0.1, 0.15) is 48.0 Å². The number of nitro groups is 1. The molecule has 0 bridgehead atoms. The number of guanidine groups is 1. The number of hydrogen-bond donors (Lipinski definition) is 2. The Bertz CT molecular complexity index is 740. The largest absolute Gasteiger partial charge is 0.444 e. The van der Waals surface area contributed by atoms with Crippen molar-refractivity contribution < 1.29 is 14.5 Å². The van der Waals surface area contributed by atoms with Gasteiger partial charge in [-0.25, -0.2) is 4.79 Å². The minimum Gasteiger partial charge on any atom is -0.444 e. The fourth-order valence-electron chi connectivity index (χ4n) is 2.77. The molecule has 0 spiro atoms. The maximum absolute atomic E-state index is 12.1. The Morgan fingerprint density at radius 2 is 2.10 bits per heavy atom. The van der Waals surface area contributed by atoms with Crippen LogP contribution in [0.15, 0.2) is 17.4 Å². The summed E-state index contributed by atoms with van der Waals surface area (Å²) in [6.45, 7) is 13.9. The van der Waals surface area contributed by atoms with E-state index in [1.807, 2.05) is 39.6 Å². The molecular weight excluding hydrogens is 402 g/mol. The predicted octanol–water partition coefficient (Wildman–Crippen LogP) is 2.63. The topological polar surface area (TPSA) is 127 Å². The number of hydrogen-bond acceptors (Lipinski definition) is 6. The lowest BCUT2D eigenvalue weighted by Crippen LogP contribution is -2.45. The first kappa shape index (κ1) is 26.2. The number of nitrogens with one attached hydrogen (secondary N) is 2. The average molecular weight is 440 g/mol. The van der Waals surface area contributed by atoms with Crippen LogP contribution in [0.2, 0.25) is 0 Å². The number of alkyl carbamates (subject to hydrolysis) is 1. The molecule has 0 fully saturated rings. The van der Waals surface area contributed by atoms with Crippen LogP contribution >= 0.6 is 0 Å². The van der Waals surface area contributed by atoms with Crippen molar-refractivity contribution in [1.29, 1.82) is 0 Å². The van der Waals surface area contributed by atoms with E-state index in [4.69, 9.17) is 4.74 Å². The predicted molar refractivity (Wildman–Crippen MR) is 120 cm³/mol. The Morgan fingerprint density at radius 1 is 1.42 bits per heavy atom. The molecule has 176 valence electrons. The third kappa shape index (κ3) is 10.1. The van der Waals surface area contributed by atoms with Crippen molar-refractivity contribution in [1.82, 2.24) is 25.3 Å². The van der Waals surface area contributed by atoms with Gasteiger partial charge in [-0.05, 0) is 40.0 Å². The molecule has 0 saturated heterocycles. The molecular formula is C20H37N7O4. The van der Waals surface area contributed by atoms with Gasteiger partial charge in [0.25, 0.3) is 0 Å². The van der Waals surface area contributed by atoms with Crippen molar-refractivity contribution in [3.8, 4) is 0 Å². The van der Waals surface area contributed by atoms with Gasteiger partial charge < -0.3 is 20.3 Å². The van der Waals surface area contributed by atoms with E-state index >= 15 is 0 Å². The molecule has 1 amide bonds. The van der Waals surface area contributed by atoms with Gasteiger partial charge in [-0.1, -0.05) is 13.8 Å². The molecule has 1 rings (SSSR count). The lowest BCUT2D eigenvalue weighted by molar-refractivity contribution is -0.385. The molecule has 1 aromatic heterocycles. The summed E-state index contributed by atoms with van der Waals surface area (Å²) in [7, 11) is 1.94. The van der Waals surface area contributed by atoms with Gasteiger partial charge in [0.05, 0.1) is 18.0 Å². The summed E-state index contributed by atoms with van der Waals surface area (Å²) >= 11 is 0. The van der Waals surface area contributed by atoms with Crippen molar-refractivity contribution in [2.75, 3.05) is 26.7 Å². The van der Waals surface area contributed by atoms with Gasteiger partial charge in [-0.15, -0.1) is 0 Å². The van der Waals surface area contributed by atoms with Gasteiger partial charge >= 0.3 is 11.8 Å². The minimum absolute atomic E-state index is 0.0368. The summed E-state index contributed by atoms with van der Waals surface area (Å²) in [5.74, 6) is 0.972. The van der Waals surface area contributed by atoms with Crippen molar-refractivity contribution in [3.05, 3.63) is 22.5 Å². The molecule has 11 nitrogen and oxygen atoms in total. The van der Waals surface area contributed by atoms with Gasteiger partial charge in [0.2, 0.25) is 0 Å². The normalized spacial score (nSPS) is 13.1. The van der Waals surface area contributed by atoms with Crippen LogP contribution in [0.4, 0.5) is 10.5 Å². The lowest BCUT2D eigenvalue weighted by atomic mass is 10.0. The fourth-order valence-corrected chi connectivity index (χ4v) is 2.77. The quantitative estimate of drug-likeness (QED) is 0.248. The summed E-state index contributed by atoms with van der Waals surface area (Å²) in [6.07, 6.45) is 2.93. The molecule has 0 aliphatic rings. The van der Waals surface area contributed by atoms with Crippen LogP contribution in [-0.2, 0) is 11.3 Å². The zero-order valence-corrected chi connectivity index (χ0v) is 19.7. The summed E-state index contributed by atoms with van der Waals surface area (Å²) < 4.78 is 6.88. The highest BCUT2D eigenvalue weighted by atomic mass is 16.6. The second-order valence-electron chi connectivity index (χ2n) is 8.66. The number of ether oxygens (including phenoxy) is 1. The number of carbonyl (C=O) groups excluding carboxylic acids is 1. The van der Waals surface area contributed by atoms with Crippen molar-refractivity contribution in [2.24, 2.45) is 10.9 Å². The molecule has 1 aromatic rings. The van der Waals surface area contributed by atoms with Gasteiger partial charge in [-0.3, -0.25) is 19.8 Å². The third-order valence-corrected chi connectivity index (χ3v) is 4.40. The molecule has 2 N–H and O–H groups in total. The van der Waals surface area contributed by atoms with Crippen molar-refractivity contribution >= 4 is 17.7 Å². The van der Waals surface area contributed by atoms with E-state index in [-0.39, 0.29) is 17.6 Å². The second kappa shape index (κ2) is 12.1. The van der Waals surface area contributed by atoms with E-state index in [1.54, 1.807) is 0 Å². The highest BCUT2D eigenvalue weighted by Gasteiger charge is 2.22. The summed E-state index contributed by atoms with van der Waals surface area (Å²) in [5.41, 5.74) is -0.576. The standard InChI is InChI=1S/C20H37N7O4/c1-8-21-18(22-10-12-26-14-16(13-23-26)27(29)30)25(7)11-9-17(15(2)3)24-19(28)31-20(4,5)6/h13-15,17H,8-12H2,1-7H3,(H,21,22)(H,24,28). The SMILES string of the molecule is CCNC(=NCCn1cc([N+](=O)[O-])cn1)N(C)CCC(NC(=O)OC(C)(C)C)C(C)C. The third-order valence-electron chi connectivity index (χ3n) is 4.40. The zero-order valence-electron chi connectivity index (χ0n) is 19.7. The minimum atomic E-state index is -0.539. The fraction of sp³-hybridized carbons (Fsp3) is 0.750. The molecule has 1 heterocycles. The highest BCUT2D eigenvalue weighted by Crippen LogP contribution is 2.11. The molecule has 0 radical (unpaired) electrons. The maximum atomic E-state index is 12.1. The zero-order chi connectivity index (χ0) is 23.6. The first-order chi connectivity index (χ1) is 14.4. The Hall–Kier alpha value is -2.85. The lowest BCUT2D eigenvalue weighted by Gasteiger charge is -2.28. The molecule has 0 saturated carbocycles. The van der Waals surface area contributed by atoms with E-state index in [9.17, 15) is 14.9 Å². The van der Waals surface area contributed by atoms with Crippen LogP contribution in [0.25, 0.3) is 0 Å². The van der Waals surface area contributed by atoms with E-state index in [2.05, 4.69) is 34.6 Å². The first-order valence-electron chi connectivity index (χ1n) is 10.6. The van der Waals surface area contributed by atoms with Crippen LogP contribution < -0.4 is 10.6 Å². The van der Waals surface area contributed by atoms with Gasteiger partial charge in [0.1, 0.15) is 18.0 Å². The van der Waals surface area contributed by atoms with Crippen LogP contribution in [0, 0.1) is 16.0 Å². The molecule has 11 heteroatoms. The second-order valence-corrected chi connectivity index (χ2v) is 8.66. The van der Waals surface area contributed by atoms with E-state index < -0.39 is 16.6 Å². The van der Waals surface area contributed by atoms with E-state index in [1.165, 1.54) is 17.1 Å². The number of carbonyl (C=O) groups is 1. The number of aliphatic imine (C=N–C) groups is 1. The monoisotopic (exact) mass is 439 g/mol. The summed E-state index contributed by atoms with van der Waals surface area (Å²) in [4.78, 5) is 29.0. The van der Waals surface area contributed by atoms with Gasteiger partial charge in [0.15, 0.2) is 5.96 Å². The molecule has 0 aromatic carbocycles. The number of aromatic nitrogens is 2. The summed E-state index contributed by atoms with van der Waals surface area (Å²) in [6, 6.07) is -0.0372.